The van der Waals surface area contributed by atoms with Crippen LogP contribution in [0.3, 0.4) is 0 Å². The number of benzene rings is 1. The Balaban J connectivity index is 2.26. The fraction of sp³-hybridized carbons (Fsp3) is 0.462. The highest BCUT2D eigenvalue weighted by Gasteiger charge is 2.15. The van der Waals surface area contributed by atoms with Crippen LogP contribution in [0.5, 0.6) is 0 Å². The lowest BCUT2D eigenvalue weighted by Gasteiger charge is -2.19. The van der Waals surface area contributed by atoms with Crippen molar-refractivity contribution in [3.8, 4) is 0 Å². The van der Waals surface area contributed by atoms with Crippen molar-refractivity contribution in [3.05, 3.63) is 24.3 Å². The molecular formula is C13H21BN2O4. The molecule has 4 N–H and O–H groups in total. The van der Waals surface area contributed by atoms with Crippen LogP contribution >= 0.6 is 0 Å². The van der Waals surface area contributed by atoms with E-state index in [0.717, 1.165) is 5.69 Å². The van der Waals surface area contributed by atoms with Crippen LogP contribution in [-0.2, 0) is 4.74 Å². The van der Waals surface area contributed by atoms with E-state index in [1.54, 1.807) is 24.3 Å². The summed E-state index contributed by atoms with van der Waals surface area (Å²) in [5.74, 6) is 0. The Bertz CT molecular complexity index is 429. The number of nitrogens with one attached hydrogen (secondary N) is 2. The smallest absolute Gasteiger partial charge is 0.444 e. The van der Waals surface area contributed by atoms with E-state index in [1.807, 2.05) is 20.8 Å². The summed E-state index contributed by atoms with van der Waals surface area (Å²) in [5, 5.41) is 23.6. The molecule has 0 atom stereocenters. The largest absolute Gasteiger partial charge is 0.488 e. The van der Waals surface area contributed by atoms with Crippen molar-refractivity contribution in [1.29, 1.82) is 0 Å². The van der Waals surface area contributed by atoms with Crippen molar-refractivity contribution in [2.45, 2.75) is 26.4 Å². The van der Waals surface area contributed by atoms with Gasteiger partial charge in [0.2, 0.25) is 0 Å². The number of carbonyl (C=O) groups excluding carboxylic acids is 1. The Kier molecular flexibility index (Phi) is 5.85. The average molecular weight is 280 g/mol. The molecule has 0 aromatic heterocycles. The van der Waals surface area contributed by atoms with Gasteiger partial charge < -0.3 is 25.4 Å². The van der Waals surface area contributed by atoms with Gasteiger partial charge in [-0.25, -0.2) is 4.79 Å². The predicted molar refractivity (Wildman–Crippen MR) is 79.0 cm³/mol. The molecule has 0 aliphatic heterocycles. The summed E-state index contributed by atoms with van der Waals surface area (Å²) >= 11 is 0. The maximum atomic E-state index is 11.4. The molecule has 1 aromatic carbocycles. The molecule has 0 fully saturated rings. The lowest BCUT2D eigenvalue weighted by atomic mass is 9.80. The number of hydrogen-bond donors (Lipinski definition) is 4. The molecule has 1 rings (SSSR count). The van der Waals surface area contributed by atoms with Gasteiger partial charge in [0.1, 0.15) is 5.60 Å². The Morgan fingerprint density at radius 1 is 1.20 bits per heavy atom. The van der Waals surface area contributed by atoms with E-state index in [0.29, 0.717) is 18.6 Å². The van der Waals surface area contributed by atoms with Crippen LogP contribution in [0, 0.1) is 0 Å². The molecule has 20 heavy (non-hydrogen) atoms. The van der Waals surface area contributed by atoms with Gasteiger partial charge in [-0.15, -0.1) is 0 Å². The van der Waals surface area contributed by atoms with Crippen molar-refractivity contribution >= 4 is 24.4 Å². The molecule has 7 heteroatoms. The van der Waals surface area contributed by atoms with Crippen molar-refractivity contribution in [3.63, 3.8) is 0 Å². The summed E-state index contributed by atoms with van der Waals surface area (Å²) < 4.78 is 5.10. The molecule has 6 nitrogen and oxygen atoms in total. The Labute approximate surface area is 119 Å². The van der Waals surface area contributed by atoms with Crippen LogP contribution < -0.4 is 16.1 Å². The highest BCUT2D eigenvalue weighted by Crippen LogP contribution is 2.06. The van der Waals surface area contributed by atoms with E-state index in [-0.39, 0.29) is 0 Å². The summed E-state index contributed by atoms with van der Waals surface area (Å²) in [4.78, 5) is 11.4. The van der Waals surface area contributed by atoms with Crippen LogP contribution in [-0.4, -0.2) is 42.0 Å². The maximum absolute atomic E-state index is 11.4. The first kappa shape index (κ1) is 16.3. The van der Waals surface area contributed by atoms with Gasteiger partial charge >= 0.3 is 13.2 Å². The Hall–Kier alpha value is -1.73. The number of ether oxygens (including phenoxy) is 1. The van der Waals surface area contributed by atoms with Gasteiger partial charge in [0.05, 0.1) is 0 Å². The zero-order valence-electron chi connectivity index (χ0n) is 12.0. The topological polar surface area (TPSA) is 90.8 Å². The minimum absolute atomic E-state index is 0.430. The lowest BCUT2D eigenvalue weighted by Crippen LogP contribution is -2.35. The van der Waals surface area contributed by atoms with E-state index in [9.17, 15) is 4.79 Å². The van der Waals surface area contributed by atoms with Crippen LogP contribution in [0.25, 0.3) is 0 Å². The summed E-state index contributed by atoms with van der Waals surface area (Å²) in [6, 6.07) is 6.72. The van der Waals surface area contributed by atoms with Crippen molar-refractivity contribution in [1.82, 2.24) is 5.32 Å². The number of rotatable bonds is 5. The first-order valence-corrected chi connectivity index (χ1v) is 6.45. The SMILES string of the molecule is CC(C)(C)OC(=O)NCCNc1ccc(B(O)O)cc1. The third kappa shape index (κ3) is 6.44. The van der Waals surface area contributed by atoms with Crippen molar-refractivity contribution < 1.29 is 19.6 Å². The first-order valence-electron chi connectivity index (χ1n) is 6.45. The molecule has 1 amide bonds. The molecule has 1 aromatic rings. The van der Waals surface area contributed by atoms with Crippen LogP contribution in [0.2, 0.25) is 0 Å². The minimum Gasteiger partial charge on any atom is -0.444 e. The summed E-state index contributed by atoms with van der Waals surface area (Å²) in [6.45, 7) is 6.39. The fourth-order valence-corrected chi connectivity index (χ4v) is 1.46. The molecule has 0 spiro atoms. The molecule has 110 valence electrons. The van der Waals surface area contributed by atoms with E-state index in [4.69, 9.17) is 14.8 Å². The summed E-state index contributed by atoms with van der Waals surface area (Å²) in [6.07, 6.45) is -0.446. The van der Waals surface area contributed by atoms with E-state index in [1.165, 1.54) is 0 Å². The Morgan fingerprint density at radius 2 is 1.80 bits per heavy atom. The van der Waals surface area contributed by atoms with E-state index in [2.05, 4.69) is 10.6 Å². The van der Waals surface area contributed by atoms with E-state index >= 15 is 0 Å². The molecule has 0 aliphatic rings. The normalized spacial score (nSPS) is 10.8. The lowest BCUT2D eigenvalue weighted by molar-refractivity contribution is 0.0530. The number of anilines is 1. The third-order valence-electron chi connectivity index (χ3n) is 2.33. The Morgan fingerprint density at radius 3 is 2.30 bits per heavy atom. The monoisotopic (exact) mass is 280 g/mol. The quantitative estimate of drug-likeness (QED) is 0.460. The van der Waals surface area contributed by atoms with Gasteiger partial charge in [-0.1, -0.05) is 12.1 Å². The third-order valence-corrected chi connectivity index (χ3v) is 2.33. The average Bonchev–Trinajstić information content (AvgIpc) is 2.33. The van der Waals surface area contributed by atoms with Gasteiger partial charge in [-0.3, -0.25) is 0 Å². The second-order valence-electron chi connectivity index (χ2n) is 5.35. The second kappa shape index (κ2) is 7.16. The molecule has 0 radical (unpaired) electrons. The van der Waals surface area contributed by atoms with Gasteiger partial charge in [-0.2, -0.15) is 0 Å². The van der Waals surface area contributed by atoms with Crippen LogP contribution in [0.4, 0.5) is 10.5 Å². The number of carbonyl (C=O) groups is 1. The molecular weight excluding hydrogens is 259 g/mol. The molecule has 0 heterocycles. The maximum Gasteiger partial charge on any atom is 0.488 e. The predicted octanol–water partition coefficient (Wildman–Crippen LogP) is 0.303. The fourth-order valence-electron chi connectivity index (χ4n) is 1.46. The molecule has 0 aliphatic carbocycles. The van der Waals surface area contributed by atoms with Gasteiger partial charge in [-0.05, 0) is 38.4 Å². The first-order chi connectivity index (χ1) is 9.28. The highest BCUT2D eigenvalue weighted by molar-refractivity contribution is 6.58. The second-order valence-corrected chi connectivity index (χ2v) is 5.35. The highest BCUT2D eigenvalue weighted by atomic mass is 16.6. The van der Waals surface area contributed by atoms with Crippen LogP contribution in [0.1, 0.15) is 20.8 Å². The van der Waals surface area contributed by atoms with Gasteiger partial charge in [0, 0.05) is 18.8 Å². The number of alkyl carbamates (subject to hydrolysis) is 1. The number of hydrogen-bond acceptors (Lipinski definition) is 5. The van der Waals surface area contributed by atoms with E-state index < -0.39 is 18.8 Å². The number of amides is 1. The van der Waals surface area contributed by atoms with Crippen molar-refractivity contribution in [2.24, 2.45) is 0 Å². The molecule has 0 saturated carbocycles. The zero-order chi connectivity index (χ0) is 15.2. The standard InChI is InChI=1S/C13H21BN2O4/c1-13(2,3)20-12(17)16-9-8-15-11-6-4-10(5-7-11)14(18)19/h4-7,15,18-19H,8-9H2,1-3H3,(H,16,17). The zero-order valence-corrected chi connectivity index (χ0v) is 12.0. The van der Waals surface area contributed by atoms with Gasteiger partial charge in [0.15, 0.2) is 0 Å². The van der Waals surface area contributed by atoms with Crippen LogP contribution in [0.15, 0.2) is 24.3 Å². The van der Waals surface area contributed by atoms with Gasteiger partial charge in [0.25, 0.3) is 0 Å². The molecule has 0 unspecified atom stereocenters. The molecule has 0 bridgehead atoms. The summed E-state index contributed by atoms with van der Waals surface area (Å²) in [7, 11) is -1.46. The molecule has 0 saturated heterocycles. The van der Waals surface area contributed by atoms with Crippen molar-refractivity contribution in [2.75, 3.05) is 18.4 Å². The minimum atomic E-state index is -1.46. The summed E-state index contributed by atoms with van der Waals surface area (Å²) in [5.41, 5.74) is 0.765.